The van der Waals surface area contributed by atoms with E-state index in [1.54, 1.807) is 24.3 Å². The zero-order valence-corrected chi connectivity index (χ0v) is 17.0. The van der Waals surface area contributed by atoms with Gasteiger partial charge in [0.25, 0.3) is 5.91 Å². The predicted octanol–water partition coefficient (Wildman–Crippen LogP) is 4.11. The summed E-state index contributed by atoms with van der Waals surface area (Å²) in [4.78, 5) is 24.7. The van der Waals surface area contributed by atoms with Gasteiger partial charge in [-0.05, 0) is 54.7 Å². The predicted molar refractivity (Wildman–Crippen MR) is 110 cm³/mol. The molecule has 1 aromatic heterocycles. The summed E-state index contributed by atoms with van der Waals surface area (Å²) >= 11 is 0. The Balaban J connectivity index is 1.75. The first-order chi connectivity index (χ1) is 14.5. The molecule has 3 rings (SSSR count). The normalized spacial score (nSPS) is 18.9. The maximum atomic E-state index is 12.6. The number of ether oxygens (including phenoxy) is 2. The molecular weight excluding hydrogens is 384 g/mol. The maximum absolute atomic E-state index is 12.6. The zero-order valence-electron chi connectivity index (χ0n) is 17.0. The average molecular weight is 408 g/mol. The van der Waals surface area contributed by atoms with E-state index in [2.05, 4.69) is 12.2 Å². The molecule has 30 heavy (non-hydrogen) atoms. The van der Waals surface area contributed by atoms with Crippen LogP contribution >= 0.6 is 0 Å². The summed E-state index contributed by atoms with van der Waals surface area (Å²) in [5.41, 5.74) is 0.586. The van der Waals surface area contributed by atoms with E-state index < -0.39 is 5.97 Å². The van der Waals surface area contributed by atoms with Crippen molar-refractivity contribution in [2.75, 3.05) is 7.11 Å². The lowest BCUT2D eigenvalue weighted by atomic mass is 9.86. The van der Waals surface area contributed by atoms with Crippen molar-refractivity contribution in [1.29, 1.82) is 5.26 Å². The van der Waals surface area contributed by atoms with Crippen molar-refractivity contribution in [1.82, 2.24) is 5.32 Å². The minimum absolute atomic E-state index is 0.00940. The lowest BCUT2D eigenvalue weighted by Crippen LogP contribution is -2.41. The van der Waals surface area contributed by atoms with Crippen LogP contribution in [0.25, 0.3) is 6.08 Å². The first-order valence-corrected chi connectivity index (χ1v) is 9.88. The number of hydrogen-bond acceptors (Lipinski definition) is 6. The number of furan rings is 1. The second-order valence-electron chi connectivity index (χ2n) is 7.29. The van der Waals surface area contributed by atoms with Crippen molar-refractivity contribution in [2.45, 2.75) is 38.6 Å². The number of carbonyl (C=O) groups excluding carboxylic acids is 2. The highest BCUT2D eigenvalue weighted by molar-refractivity contribution is 6.02. The molecule has 2 atom stereocenters. The number of benzene rings is 1. The van der Waals surface area contributed by atoms with E-state index in [0.717, 1.165) is 19.3 Å². The van der Waals surface area contributed by atoms with Crippen molar-refractivity contribution in [3.8, 4) is 17.6 Å². The highest BCUT2D eigenvalue weighted by Gasteiger charge is 2.24. The van der Waals surface area contributed by atoms with Crippen LogP contribution in [0.5, 0.6) is 11.5 Å². The van der Waals surface area contributed by atoms with Gasteiger partial charge in [-0.1, -0.05) is 25.8 Å². The van der Waals surface area contributed by atoms with E-state index in [4.69, 9.17) is 13.9 Å². The standard InChI is InChI=1S/C23H24N2O5/c1-15-6-3-4-7-18(15)25-22(26)17(14-24)12-16-9-10-19(21(13-16)28-2)30-23(27)20-8-5-11-29-20/h5,8-13,15,18H,3-4,6-7H2,1-2H3,(H,25,26)/b17-12+. The van der Waals surface area contributed by atoms with Gasteiger partial charge in [0.05, 0.1) is 13.4 Å². The number of esters is 1. The maximum Gasteiger partial charge on any atom is 0.379 e. The highest BCUT2D eigenvalue weighted by Crippen LogP contribution is 2.30. The molecule has 1 amide bonds. The van der Waals surface area contributed by atoms with E-state index >= 15 is 0 Å². The van der Waals surface area contributed by atoms with Crippen LogP contribution in [0, 0.1) is 17.2 Å². The van der Waals surface area contributed by atoms with Gasteiger partial charge in [0.1, 0.15) is 11.6 Å². The van der Waals surface area contributed by atoms with Crippen molar-refractivity contribution in [3.63, 3.8) is 0 Å². The molecule has 0 radical (unpaired) electrons. The number of rotatable bonds is 6. The molecule has 1 aliphatic carbocycles. The first kappa shape index (κ1) is 21.2. The Hall–Kier alpha value is -3.53. The van der Waals surface area contributed by atoms with Crippen molar-refractivity contribution in [3.05, 3.63) is 53.5 Å². The van der Waals surface area contributed by atoms with E-state index in [-0.39, 0.29) is 29.0 Å². The molecule has 0 bridgehead atoms. The molecule has 7 nitrogen and oxygen atoms in total. The van der Waals surface area contributed by atoms with E-state index in [1.807, 2.05) is 6.07 Å². The van der Waals surface area contributed by atoms with Crippen molar-refractivity contribution in [2.24, 2.45) is 5.92 Å². The number of amides is 1. The van der Waals surface area contributed by atoms with Gasteiger partial charge in [-0.2, -0.15) is 5.26 Å². The lowest BCUT2D eigenvalue weighted by molar-refractivity contribution is -0.118. The van der Waals surface area contributed by atoms with Gasteiger partial charge in [-0.25, -0.2) is 4.79 Å². The van der Waals surface area contributed by atoms with Crippen LogP contribution in [0.1, 0.15) is 48.7 Å². The van der Waals surface area contributed by atoms with E-state index in [1.165, 1.54) is 31.9 Å². The van der Waals surface area contributed by atoms with Gasteiger partial charge in [-0.3, -0.25) is 4.79 Å². The second-order valence-corrected chi connectivity index (χ2v) is 7.29. The van der Waals surface area contributed by atoms with Crippen LogP contribution in [0.15, 0.2) is 46.6 Å². The fourth-order valence-corrected chi connectivity index (χ4v) is 3.50. The van der Waals surface area contributed by atoms with Crippen molar-refractivity contribution >= 4 is 18.0 Å². The average Bonchev–Trinajstić information content (AvgIpc) is 3.29. The molecule has 0 saturated heterocycles. The summed E-state index contributed by atoms with van der Waals surface area (Å²) in [5, 5.41) is 12.4. The summed E-state index contributed by atoms with van der Waals surface area (Å²) in [5.74, 6) is -0.0756. The molecule has 2 aromatic rings. The Morgan fingerprint density at radius 1 is 1.23 bits per heavy atom. The molecule has 1 aliphatic rings. The zero-order chi connectivity index (χ0) is 21.5. The Morgan fingerprint density at radius 2 is 2.03 bits per heavy atom. The van der Waals surface area contributed by atoms with Gasteiger partial charge < -0.3 is 19.2 Å². The molecule has 0 spiro atoms. The van der Waals surface area contributed by atoms with Gasteiger partial charge in [0.15, 0.2) is 11.5 Å². The number of carbonyl (C=O) groups is 2. The summed E-state index contributed by atoms with van der Waals surface area (Å²) in [7, 11) is 1.44. The molecule has 1 heterocycles. The minimum atomic E-state index is -0.653. The Labute approximate surface area is 175 Å². The third-order valence-corrected chi connectivity index (χ3v) is 5.22. The number of nitrogens with zero attached hydrogens (tertiary/aromatic N) is 1. The number of nitrogens with one attached hydrogen (secondary N) is 1. The van der Waals surface area contributed by atoms with E-state index in [0.29, 0.717) is 17.2 Å². The van der Waals surface area contributed by atoms with Crippen LogP contribution in [0.3, 0.4) is 0 Å². The molecule has 7 heteroatoms. The molecule has 1 fully saturated rings. The van der Waals surface area contributed by atoms with Crippen molar-refractivity contribution < 1.29 is 23.5 Å². The molecule has 0 aliphatic heterocycles. The van der Waals surface area contributed by atoms with Gasteiger partial charge >= 0.3 is 5.97 Å². The third kappa shape index (κ3) is 5.09. The topological polar surface area (TPSA) is 102 Å². The van der Waals surface area contributed by atoms with Gasteiger partial charge in [0, 0.05) is 6.04 Å². The van der Waals surface area contributed by atoms with Gasteiger partial charge in [0.2, 0.25) is 5.76 Å². The fourth-order valence-electron chi connectivity index (χ4n) is 3.50. The number of hydrogen-bond donors (Lipinski definition) is 1. The molecular formula is C23H24N2O5. The highest BCUT2D eigenvalue weighted by atomic mass is 16.6. The largest absolute Gasteiger partial charge is 0.493 e. The molecule has 1 saturated carbocycles. The molecule has 1 aromatic carbocycles. The first-order valence-electron chi connectivity index (χ1n) is 9.88. The summed E-state index contributed by atoms with van der Waals surface area (Å²) in [6.45, 7) is 2.12. The monoisotopic (exact) mass is 408 g/mol. The smallest absolute Gasteiger partial charge is 0.379 e. The van der Waals surface area contributed by atoms with Gasteiger partial charge in [-0.15, -0.1) is 0 Å². The SMILES string of the molecule is COc1cc(/C=C(\C#N)C(=O)NC2CCCCC2C)ccc1OC(=O)c1ccco1. The molecule has 1 N–H and O–H groups in total. The Morgan fingerprint density at radius 3 is 2.70 bits per heavy atom. The quantitative estimate of drug-likeness (QED) is 0.334. The minimum Gasteiger partial charge on any atom is -0.493 e. The summed E-state index contributed by atoms with van der Waals surface area (Å²) < 4.78 is 15.6. The van der Waals surface area contributed by atoms with Crippen LogP contribution in [-0.4, -0.2) is 25.0 Å². The van der Waals surface area contributed by atoms with E-state index in [9.17, 15) is 14.9 Å². The molecule has 2 unspecified atom stereocenters. The van der Waals surface area contributed by atoms with Crippen LogP contribution < -0.4 is 14.8 Å². The third-order valence-electron chi connectivity index (χ3n) is 5.22. The lowest BCUT2D eigenvalue weighted by Gasteiger charge is -2.29. The second kappa shape index (κ2) is 9.79. The Kier molecular flexibility index (Phi) is 6.91. The Bertz CT molecular complexity index is 972. The van der Waals surface area contributed by atoms with Crippen LogP contribution in [0.4, 0.5) is 0 Å². The summed E-state index contributed by atoms with van der Waals surface area (Å²) in [6.07, 6.45) is 7.12. The molecule has 156 valence electrons. The van der Waals surface area contributed by atoms with Crippen LogP contribution in [-0.2, 0) is 4.79 Å². The van der Waals surface area contributed by atoms with Crippen LogP contribution in [0.2, 0.25) is 0 Å². The number of methoxy groups -OCH3 is 1. The fraction of sp³-hybridized carbons (Fsp3) is 0.348. The number of nitriles is 1. The summed E-state index contributed by atoms with van der Waals surface area (Å²) in [6, 6.07) is 9.92.